The molecular formula is C16H19FN4O2. The summed E-state index contributed by atoms with van der Waals surface area (Å²) in [5.74, 6) is 1.39. The SMILES string of the molecule is CC(C)C1CN(C(=O)NCc2nc(-c3cccc(F)c3)no2)C1. The molecule has 23 heavy (non-hydrogen) atoms. The van der Waals surface area contributed by atoms with E-state index in [4.69, 9.17) is 4.52 Å². The van der Waals surface area contributed by atoms with Crippen LogP contribution in [0.1, 0.15) is 19.7 Å². The van der Waals surface area contributed by atoms with Crippen LogP contribution in [0.25, 0.3) is 11.4 Å². The Bertz CT molecular complexity index is 695. The molecule has 0 spiro atoms. The fourth-order valence-electron chi connectivity index (χ4n) is 2.43. The molecule has 6 nitrogen and oxygen atoms in total. The molecule has 1 saturated heterocycles. The minimum absolute atomic E-state index is 0.132. The van der Waals surface area contributed by atoms with Gasteiger partial charge in [0.2, 0.25) is 11.7 Å². The molecule has 1 fully saturated rings. The van der Waals surface area contributed by atoms with Crippen molar-refractivity contribution in [3.05, 3.63) is 36.0 Å². The second-order valence-corrected chi connectivity index (χ2v) is 6.09. The summed E-state index contributed by atoms with van der Waals surface area (Å²) in [6.45, 7) is 6.03. The Morgan fingerprint density at radius 1 is 1.48 bits per heavy atom. The van der Waals surface area contributed by atoms with Crippen LogP contribution in [-0.4, -0.2) is 34.2 Å². The fraction of sp³-hybridized carbons (Fsp3) is 0.438. The average molecular weight is 318 g/mol. The number of carbonyl (C=O) groups excluding carboxylic acids is 1. The number of carbonyl (C=O) groups is 1. The number of nitrogens with one attached hydrogen (secondary N) is 1. The maximum atomic E-state index is 13.2. The van der Waals surface area contributed by atoms with E-state index < -0.39 is 0 Å². The molecule has 2 heterocycles. The molecule has 122 valence electrons. The van der Waals surface area contributed by atoms with Gasteiger partial charge in [0.25, 0.3) is 0 Å². The van der Waals surface area contributed by atoms with Crippen molar-refractivity contribution in [3.63, 3.8) is 0 Å². The van der Waals surface area contributed by atoms with Crippen LogP contribution in [0.5, 0.6) is 0 Å². The van der Waals surface area contributed by atoms with E-state index in [1.54, 1.807) is 17.0 Å². The third-order valence-electron chi connectivity index (χ3n) is 4.08. The van der Waals surface area contributed by atoms with Crippen molar-refractivity contribution in [2.75, 3.05) is 13.1 Å². The highest BCUT2D eigenvalue weighted by Gasteiger charge is 2.32. The lowest BCUT2D eigenvalue weighted by atomic mass is 9.89. The van der Waals surface area contributed by atoms with Gasteiger partial charge in [-0.1, -0.05) is 31.1 Å². The molecule has 2 aromatic rings. The van der Waals surface area contributed by atoms with Gasteiger partial charge in [-0.15, -0.1) is 0 Å². The van der Waals surface area contributed by atoms with Crippen molar-refractivity contribution in [3.8, 4) is 11.4 Å². The molecule has 1 aromatic heterocycles. The molecule has 1 aromatic carbocycles. The summed E-state index contributed by atoms with van der Waals surface area (Å²) in [7, 11) is 0. The zero-order valence-electron chi connectivity index (χ0n) is 13.1. The zero-order chi connectivity index (χ0) is 16.4. The van der Waals surface area contributed by atoms with E-state index in [1.165, 1.54) is 12.1 Å². The average Bonchev–Trinajstić information content (AvgIpc) is 2.92. The van der Waals surface area contributed by atoms with Gasteiger partial charge < -0.3 is 14.7 Å². The highest BCUT2D eigenvalue weighted by Crippen LogP contribution is 2.23. The minimum Gasteiger partial charge on any atom is -0.337 e. The molecule has 1 aliphatic heterocycles. The van der Waals surface area contributed by atoms with Gasteiger partial charge in [-0.3, -0.25) is 0 Å². The Kier molecular flexibility index (Phi) is 4.27. The summed E-state index contributed by atoms with van der Waals surface area (Å²) >= 11 is 0. The predicted molar refractivity (Wildman–Crippen MR) is 81.8 cm³/mol. The normalized spacial score (nSPS) is 14.9. The van der Waals surface area contributed by atoms with Crippen molar-refractivity contribution >= 4 is 6.03 Å². The molecule has 0 aliphatic carbocycles. The van der Waals surface area contributed by atoms with Crippen molar-refractivity contribution in [2.45, 2.75) is 20.4 Å². The Morgan fingerprint density at radius 2 is 2.26 bits per heavy atom. The number of likely N-dealkylation sites (tertiary alicyclic amines) is 1. The lowest BCUT2D eigenvalue weighted by Gasteiger charge is -2.41. The number of hydrogen-bond acceptors (Lipinski definition) is 4. The zero-order valence-corrected chi connectivity index (χ0v) is 13.1. The quantitative estimate of drug-likeness (QED) is 0.941. The number of benzene rings is 1. The van der Waals surface area contributed by atoms with Crippen LogP contribution in [0.15, 0.2) is 28.8 Å². The highest BCUT2D eigenvalue weighted by molar-refractivity contribution is 5.74. The Hall–Kier alpha value is -2.44. The number of amides is 2. The van der Waals surface area contributed by atoms with Crippen molar-refractivity contribution in [2.24, 2.45) is 11.8 Å². The maximum absolute atomic E-state index is 13.2. The van der Waals surface area contributed by atoms with Crippen LogP contribution in [0.3, 0.4) is 0 Å². The second kappa shape index (κ2) is 6.36. The number of nitrogens with zero attached hydrogens (tertiary/aromatic N) is 3. The first kappa shape index (κ1) is 15.5. The van der Waals surface area contributed by atoms with Gasteiger partial charge in [-0.25, -0.2) is 9.18 Å². The summed E-state index contributed by atoms with van der Waals surface area (Å²) in [5, 5.41) is 6.56. The lowest BCUT2D eigenvalue weighted by Crippen LogP contribution is -2.55. The third-order valence-corrected chi connectivity index (χ3v) is 4.08. The number of hydrogen-bond donors (Lipinski definition) is 1. The molecule has 0 saturated carbocycles. The standard InChI is InChI=1S/C16H19FN4O2/c1-10(2)12-8-21(9-12)16(22)18-7-14-19-15(20-23-14)11-4-3-5-13(17)6-11/h3-6,10,12H,7-9H2,1-2H3,(H,18,22). The molecule has 1 N–H and O–H groups in total. The molecule has 0 unspecified atom stereocenters. The Labute approximate surface area is 133 Å². The van der Waals surface area contributed by atoms with Crippen molar-refractivity contribution < 1.29 is 13.7 Å². The largest absolute Gasteiger partial charge is 0.337 e. The topological polar surface area (TPSA) is 71.3 Å². The summed E-state index contributed by atoms with van der Waals surface area (Å²) in [4.78, 5) is 17.9. The van der Waals surface area contributed by atoms with E-state index in [-0.39, 0.29) is 18.4 Å². The van der Waals surface area contributed by atoms with E-state index in [0.717, 1.165) is 13.1 Å². The van der Waals surface area contributed by atoms with Crippen LogP contribution >= 0.6 is 0 Å². The first-order chi connectivity index (χ1) is 11.0. The van der Waals surface area contributed by atoms with E-state index >= 15 is 0 Å². The molecule has 0 atom stereocenters. The maximum Gasteiger partial charge on any atom is 0.317 e. The van der Waals surface area contributed by atoms with E-state index in [1.807, 2.05) is 0 Å². The minimum atomic E-state index is -0.361. The molecule has 3 rings (SSSR count). The predicted octanol–water partition coefficient (Wildman–Crippen LogP) is 2.67. The third kappa shape index (κ3) is 3.49. The van der Waals surface area contributed by atoms with Crippen LogP contribution in [-0.2, 0) is 6.54 Å². The molecule has 2 amide bonds. The first-order valence-corrected chi connectivity index (χ1v) is 7.64. The molecule has 0 radical (unpaired) electrons. The fourth-order valence-corrected chi connectivity index (χ4v) is 2.43. The van der Waals surface area contributed by atoms with Gasteiger partial charge in [-0.05, 0) is 24.0 Å². The van der Waals surface area contributed by atoms with Crippen LogP contribution in [0.4, 0.5) is 9.18 Å². The van der Waals surface area contributed by atoms with Crippen LogP contribution in [0, 0.1) is 17.7 Å². The van der Waals surface area contributed by atoms with Gasteiger partial charge in [0.1, 0.15) is 5.82 Å². The number of aromatic nitrogens is 2. The van der Waals surface area contributed by atoms with Gasteiger partial charge in [0, 0.05) is 18.7 Å². The van der Waals surface area contributed by atoms with Gasteiger partial charge in [0.15, 0.2) is 0 Å². The summed E-state index contributed by atoms with van der Waals surface area (Å²) in [6.07, 6.45) is 0. The molecule has 7 heteroatoms. The Balaban J connectivity index is 1.53. The number of urea groups is 1. The van der Waals surface area contributed by atoms with Crippen molar-refractivity contribution in [1.82, 2.24) is 20.4 Å². The van der Waals surface area contributed by atoms with E-state index in [2.05, 4.69) is 29.3 Å². The number of halogens is 1. The molecule has 0 bridgehead atoms. The number of rotatable bonds is 4. The van der Waals surface area contributed by atoms with Crippen LogP contribution < -0.4 is 5.32 Å². The summed E-state index contributed by atoms with van der Waals surface area (Å²) in [5.41, 5.74) is 0.536. The molecular weight excluding hydrogens is 299 g/mol. The van der Waals surface area contributed by atoms with Crippen LogP contribution in [0.2, 0.25) is 0 Å². The van der Waals surface area contributed by atoms with Gasteiger partial charge in [-0.2, -0.15) is 4.98 Å². The highest BCUT2D eigenvalue weighted by atomic mass is 19.1. The smallest absolute Gasteiger partial charge is 0.317 e. The second-order valence-electron chi connectivity index (χ2n) is 6.09. The summed E-state index contributed by atoms with van der Waals surface area (Å²) in [6, 6.07) is 5.83. The first-order valence-electron chi connectivity index (χ1n) is 7.64. The lowest BCUT2D eigenvalue weighted by molar-refractivity contribution is 0.0934. The van der Waals surface area contributed by atoms with Gasteiger partial charge in [0.05, 0.1) is 6.54 Å². The monoisotopic (exact) mass is 318 g/mol. The Morgan fingerprint density at radius 3 is 2.96 bits per heavy atom. The van der Waals surface area contributed by atoms with Gasteiger partial charge >= 0.3 is 6.03 Å². The van der Waals surface area contributed by atoms with E-state index in [0.29, 0.717) is 29.1 Å². The van der Waals surface area contributed by atoms with Crippen molar-refractivity contribution in [1.29, 1.82) is 0 Å². The molecule has 1 aliphatic rings. The van der Waals surface area contributed by atoms with E-state index in [9.17, 15) is 9.18 Å². The summed E-state index contributed by atoms with van der Waals surface area (Å²) < 4.78 is 18.3.